The summed E-state index contributed by atoms with van der Waals surface area (Å²) in [4.78, 5) is 16.4. The van der Waals surface area contributed by atoms with E-state index in [0.717, 1.165) is 19.5 Å². The van der Waals surface area contributed by atoms with Gasteiger partial charge in [0.05, 0.1) is 6.54 Å². The number of piperidine rings is 1. The molecule has 0 spiro atoms. The van der Waals surface area contributed by atoms with Crippen LogP contribution < -0.4 is 5.73 Å². The van der Waals surface area contributed by atoms with Crippen LogP contribution in [0.3, 0.4) is 0 Å². The van der Waals surface area contributed by atoms with Crippen LogP contribution >= 0.6 is 11.3 Å². The van der Waals surface area contributed by atoms with Crippen molar-refractivity contribution in [3.8, 4) is 0 Å². The van der Waals surface area contributed by atoms with Crippen molar-refractivity contribution in [2.45, 2.75) is 32.4 Å². The average Bonchev–Trinajstić information content (AvgIpc) is 2.94. The van der Waals surface area contributed by atoms with Crippen molar-refractivity contribution in [1.82, 2.24) is 9.80 Å². The number of amides is 1. The van der Waals surface area contributed by atoms with E-state index >= 15 is 0 Å². The molecular weight excluding hydrogens is 270 g/mol. The van der Waals surface area contributed by atoms with E-state index < -0.39 is 0 Å². The van der Waals surface area contributed by atoms with Gasteiger partial charge in [0.15, 0.2) is 0 Å². The second-order valence-electron chi connectivity index (χ2n) is 5.84. The Balaban J connectivity index is 1.86. The van der Waals surface area contributed by atoms with Gasteiger partial charge in [0.2, 0.25) is 5.91 Å². The highest BCUT2D eigenvalue weighted by Gasteiger charge is 2.26. The fraction of sp³-hybridized carbons (Fsp3) is 0.667. The van der Waals surface area contributed by atoms with Gasteiger partial charge in [-0.15, -0.1) is 0 Å². The van der Waals surface area contributed by atoms with Gasteiger partial charge >= 0.3 is 0 Å². The minimum Gasteiger partial charge on any atom is -0.340 e. The van der Waals surface area contributed by atoms with E-state index in [-0.39, 0.29) is 5.91 Å². The third kappa shape index (κ3) is 4.04. The number of likely N-dealkylation sites (N-methyl/N-ethyl adjacent to an activating group) is 1. The maximum Gasteiger partial charge on any atom is 0.236 e. The minimum absolute atomic E-state index is 0.195. The SMILES string of the molecule is CC1CCC(CN)CN1CC(=O)N(C)Cc1ccsc1. The number of hydrogen-bond acceptors (Lipinski definition) is 4. The van der Waals surface area contributed by atoms with E-state index in [9.17, 15) is 4.79 Å². The number of nitrogens with two attached hydrogens (primary N) is 1. The van der Waals surface area contributed by atoms with E-state index in [1.54, 1.807) is 11.3 Å². The summed E-state index contributed by atoms with van der Waals surface area (Å²) in [6.45, 7) is 5.10. The molecule has 0 bridgehead atoms. The molecular formula is C15H25N3OS. The van der Waals surface area contributed by atoms with Crippen LogP contribution in [0.5, 0.6) is 0 Å². The summed E-state index contributed by atoms with van der Waals surface area (Å²) >= 11 is 1.67. The Hall–Kier alpha value is -0.910. The zero-order valence-corrected chi connectivity index (χ0v) is 13.2. The highest BCUT2D eigenvalue weighted by atomic mass is 32.1. The lowest BCUT2D eigenvalue weighted by molar-refractivity contribution is -0.132. The van der Waals surface area contributed by atoms with Gasteiger partial charge in [0.1, 0.15) is 0 Å². The van der Waals surface area contributed by atoms with Crippen molar-refractivity contribution in [1.29, 1.82) is 0 Å². The Labute approximate surface area is 125 Å². The standard InChI is InChI=1S/C15H25N3OS/c1-12-3-4-13(7-16)9-18(12)10-15(19)17(2)8-14-5-6-20-11-14/h5-6,11-13H,3-4,7-10,16H2,1-2H3. The first-order valence-electron chi connectivity index (χ1n) is 7.29. The Morgan fingerprint density at radius 1 is 1.55 bits per heavy atom. The predicted molar refractivity (Wildman–Crippen MR) is 83.6 cm³/mol. The van der Waals surface area contributed by atoms with Crippen molar-refractivity contribution < 1.29 is 4.79 Å². The fourth-order valence-electron chi connectivity index (χ4n) is 2.71. The Morgan fingerprint density at radius 3 is 3.00 bits per heavy atom. The summed E-state index contributed by atoms with van der Waals surface area (Å²) in [5, 5.41) is 4.14. The summed E-state index contributed by atoms with van der Waals surface area (Å²) in [7, 11) is 1.88. The molecule has 1 aliphatic rings. The second kappa shape index (κ2) is 7.20. The highest BCUT2D eigenvalue weighted by Crippen LogP contribution is 2.21. The van der Waals surface area contributed by atoms with Gasteiger partial charge in [0.25, 0.3) is 0 Å². The molecule has 0 radical (unpaired) electrons. The van der Waals surface area contributed by atoms with E-state index in [1.807, 2.05) is 17.3 Å². The van der Waals surface area contributed by atoms with Crippen LogP contribution in [0, 0.1) is 5.92 Å². The molecule has 1 saturated heterocycles. The largest absolute Gasteiger partial charge is 0.340 e. The molecule has 112 valence electrons. The van der Waals surface area contributed by atoms with Gasteiger partial charge in [0, 0.05) is 26.2 Å². The lowest BCUT2D eigenvalue weighted by atomic mass is 9.93. The van der Waals surface area contributed by atoms with E-state index in [4.69, 9.17) is 5.73 Å². The van der Waals surface area contributed by atoms with Gasteiger partial charge in [-0.05, 0) is 54.6 Å². The fourth-order valence-corrected chi connectivity index (χ4v) is 3.37. The summed E-state index contributed by atoms with van der Waals surface area (Å²) in [5.74, 6) is 0.738. The highest BCUT2D eigenvalue weighted by molar-refractivity contribution is 7.07. The number of thiophene rings is 1. The molecule has 0 aliphatic carbocycles. The molecule has 2 atom stereocenters. The van der Waals surface area contributed by atoms with Crippen LogP contribution in [0.1, 0.15) is 25.3 Å². The van der Waals surface area contributed by atoms with Gasteiger partial charge in [-0.25, -0.2) is 0 Å². The lowest BCUT2D eigenvalue weighted by Gasteiger charge is -2.37. The first-order chi connectivity index (χ1) is 9.60. The Morgan fingerprint density at radius 2 is 2.35 bits per heavy atom. The molecule has 20 heavy (non-hydrogen) atoms. The number of hydrogen-bond donors (Lipinski definition) is 1. The normalized spacial score (nSPS) is 23.8. The number of carbonyl (C=O) groups is 1. The summed E-state index contributed by atoms with van der Waals surface area (Å²) in [5.41, 5.74) is 6.98. The van der Waals surface area contributed by atoms with Gasteiger partial charge in [-0.2, -0.15) is 11.3 Å². The predicted octanol–water partition coefficient (Wildman–Crippen LogP) is 1.77. The van der Waals surface area contributed by atoms with Crippen molar-refractivity contribution >= 4 is 17.2 Å². The molecule has 2 rings (SSSR count). The third-order valence-electron chi connectivity index (χ3n) is 4.21. The van der Waals surface area contributed by atoms with Crippen LogP contribution in [0.15, 0.2) is 16.8 Å². The van der Waals surface area contributed by atoms with Gasteiger partial charge in [-0.3, -0.25) is 9.69 Å². The topological polar surface area (TPSA) is 49.6 Å². The summed E-state index contributed by atoms with van der Waals surface area (Å²) in [6, 6.07) is 2.55. The Bertz CT molecular complexity index is 421. The van der Waals surface area contributed by atoms with Crippen LogP contribution in [-0.2, 0) is 11.3 Å². The summed E-state index contributed by atoms with van der Waals surface area (Å²) in [6.07, 6.45) is 2.33. The van der Waals surface area contributed by atoms with Crippen molar-refractivity contribution in [3.05, 3.63) is 22.4 Å². The van der Waals surface area contributed by atoms with Crippen LogP contribution in [0.25, 0.3) is 0 Å². The summed E-state index contributed by atoms with van der Waals surface area (Å²) < 4.78 is 0. The molecule has 1 aliphatic heterocycles. The van der Waals surface area contributed by atoms with Crippen LogP contribution in [0.2, 0.25) is 0 Å². The van der Waals surface area contributed by atoms with Crippen LogP contribution in [-0.4, -0.2) is 48.4 Å². The number of carbonyl (C=O) groups excluding carboxylic acids is 1. The lowest BCUT2D eigenvalue weighted by Crippen LogP contribution is -2.48. The molecule has 0 aromatic carbocycles. The van der Waals surface area contributed by atoms with Crippen molar-refractivity contribution in [2.75, 3.05) is 26.7 Å². The van der Waals surface area contributed by atoms with E-state index in [1.165, 1.54) is 12.0 Å². The molecule has 4 nitrogen and oxygen atoms in total. The number of nitrogens with zero attached hydrogens (tertiary/aromatic N) is 2. The van der Waals surface area contributed by atoms with Gasteiger partial charge in [-0.1, -0.05) is 0 Å². The maximum atomic E-state index is 12.3. The van der Waals surface area contributed by atoms with E-state index in [2.05, 4.69) is 23.3 Å². The number of likely N-dealkylation sites (tertiary alicyclic amines) is 1. The maximum absolute atomic E-state index is 12.3. The first kappa shape index (κ1) is 15.5. The van der Waals surface area contributed by atoms with E-state index in [0.29, 0.717) is 25.0 Å². The molecule has 1 aromatic heterocycles. The molecule has 2 N–H and O–H groups in total. The van der Waals surface area contributed by atoms with Gasteiger partial charge < -0.3 is 10.6 Å². The molecule has 0 saturated carbocycles. The molecule has 1 fully saturated rings. The first-order valence-corrected chi connectivity index (χ1v) is 8.23. The monoisotopic (exact) mass is 295 g/mol. The molecule has 1 amide bonds. The Kier molecular flexibility index (Phi) is 5.57. The third-order valence-corrected chi connectivity index (χ3v) is 4.94. The quantitative estimate of drug-likeness (QED) is 0.900. The number of rotatable bonds is 5. The van der Waals surface area contributed by atoms with Crippen LogP contribution in [0.4, 0.5) is 0 Å². The van der Waals surface area contributed by atoms with Crippen molar-refractivity contribution in [2.24, 2.45) is 11.7 Å². The van der Waals surface area contributed by atoms with Crippen molar-refractivity contribution in [3.63, 3.8) is 0 Å². The average molecular weight is 295 g/mol. The minimum atomic E-state index is 0.195. The molecule has 2 unspecified atom stereocenters. The molecule has 1 aromatic rings. The zero-order chi connectivity index (χ0) is 14.5. The molecule has 2 heterocycles. The molecule has 5 heteroatoms. The smallest absolute Gasteiger partial charge is 0.236 e. The zero-order valence-electron chi connectivity index (χ0n) is 12.4. The second-order valence-corrected chi connectivity index (χ2v) is 6.62.